The van der Waals surface area contributed by atoms with Crippen LogP contribution in [-0.4, -0.2) is 35.2 Å². The van der Waals surface area contributed by atoms with Crippen LogP contribution in [0.1, 0.15) is 0 Å². The molecule has 5 heteroatoms. The molecule has 3 N–H and O–H groups in total. The summed E-state index contributed by atoms with van der Waals surface area (Å²) in [6.45, 7) is -0.589. The van der Waals surface area contributed by atoms with E-state index in [-0.39, 0.29) is 6.41 Å². The fourth-order valence-corrected chi connectivity index (χ4v) is 0.284. The second-order valence-electron chi connectivity index (χ2n) is 1.36. The number of carboxylic acid groups (broad SMARTS) is 1. The Morgan fingerprint density at radius 2 is 2.33 bits per heavy atom. The Balaban J connectivity index is 3.67. The van der Waals surface area contributed by atoms with Crippen LogP contribution in [0, 0.1) is 0 Å². The van der Waals surface area contributed by atoms with Crippen LogP contribution in [0.25, 0.3) is 0 Å². The van der Waals surface area contributed by atoms with Crippen molar-refractivity contribution in [2.24, 2.45) is 0 Å². The highest BCUT2D eigenvalue weighted by molar-refractivity contribution is 5.76. The number of hydrogen-bond donors (Lipinski definition) is 3. The number of rotatable bonds is 4. The van der Waals surface area contributed by atoms with Crippen molar-refractivity contribution in [3.63, 3.8) is 0 Å². The first-order valence-corrected chi connectivity index (χ1v) is 2.25. The smallest absolute Gasteiger partial charge is 0.328 e. The monoisotopic (exact) mass is 133 g/mol. The molecule has 9 heavy (non-hydrogen) atoms. The standard InChI is InChI=1S/C4H7NO4/c6-1-3(4(8)9)5-2-7/h2-3,6H,1H2,(H,5,7)(H,8,9)/t3-/m0/s1. The zero-order chi connectivity index (χ0) is 7.28. The molecule has 5 nitrogen and oxygen atoms in total. The van der Waals surface area contributed by atoms with Crippen molar-refractivity contribution in [1.82, 2.24) is 5.32 Å². The van der Waals surface area contributed by atoms with Gasteiger partial charge in [-0.05, 0) is 0 Å². The Kier molecular flexibility index (Phi) is 3.38. The van der Waals surface area contributed by atoms with Gasteiger partial charge in [0.05, 0.1) is 6.61 Å². The molecular formula is C4H7NO4. The van der Waals surface area contributed by atoms with Crippen molar-refractivity contribution < 1.29 is 19.8 Å². The highest BCUT2D eigenvalue weighted by Crippen LogP contribution is 1.77. The molecule has 0 fully saturated rings. The van der Waals surface area contributed by atoms with Gasteiger partial charge in [0.2, 0.25) is 6.41 Å². The van der Waals surface area contributed by atoms with E-state index in [1.807, 2.05) is 5.32 Å². The predicted octanol–water partition coefficient (Wildman–Crippen LogP) is -1.82. The average molecular weight is 133 g/mol. The van der Waals surface area contributed by atoms with Crippen molar-refractivity contribution in [1.29, 1.82) is 0 Å². The number of aliphatic hydroxyl groups is 1. The third kappa shape index (κ3) is 2.65. The van der Waals surface area contributed by atoms with Gasteiger partial charge in [-0.3, -0.25) is 4.79 Å². The molecule has 52 valence electrons. The first-order valence-electron chi connectivity index (χ1n) is 2.25. The van der Waals surface area contributed by atoms with Gasteiger partial charge in [0.25, 0.3) is 0 Å². The predicted molar refractivity (Wildman–Crippen MR) is 27.7 cm³/mol. The topological polar surface area (TPSA) is 86.6 Å². The van der Waals surface area contributed by atoms with E-state index in [2.05, 4.69) is 0 Å². The molecule has 0 aromatic carbocycles. The average Bonchev–Trinajstić information content (AvgIpc) is 1.82. The molecular weight excluding hydrogens is 126 g/mol. The van der Waals surface area contributed by atoms with E-state index >= 15 is 0 Å². The van der Waals surface area contributed by atoms with Crippen molar-refractivity contribution in [2.75, 3.05) is 6.61 Å². The Hall–Kier alpha value is -1.10. The molecule has 0 rings (SSSR count). The first kappa shape index (κ1) is 7.90. The molecule has 0 bridgehead atoms. The molecule has 0 aromatic rings. The quantitative estimate of drug-likeness (QED) is 0.394. The Morgan fingerprint density at radius 3 is 2.44 bits per heavy atom. The van der Waals surface area contributed by atoms with Gasteiger partial charge in [-0.25, -0.2) is 4.79 Å². The number of aliphatic carboxylic acids is 1. The highest BCUT2D eigenvalue weighted by atomic mass is 16.4. The van der Waals surface area contributed by atoms with Crippen LogP contribution in [0.15, 0.2) is 0 Å². The fourth-order valence-electron chi connectivity index (χ4n) is 0.284. The molecule has 0 aliphatic rings. The maximum absolute atomic E-state index is 9.94. The van der Waals surface area contributed by atoms with Crippen molar-refractivity contribution in [3.05, 3.63) is 0 Å². The summed E-state index contributed by atoms with van der Waals surface area (Å²) in [5, 5.41) is 18.2. The maximum atomic E-state index is 9.94. The fraction of sp³-hybridized carbons (Fsp3) is 0.500. The SMILES string of the molecule is O=CN[C@@H](CO)C(=O)O. The molecule has 1 amide bonds. The normalized spacial score (nSPS) is 12.1. The minimum Gasteiger partial charge on any atom is -0.480 e. The molecule has 0 spiro atoms. The highest BCUT2D eigenvalue weighted by Gasteiger charge is 2.13. The van der Waals surface area contributed by atoms with Crippen LogP contribution < -0.4 is 5.32 Å². The number of carbonyl (C=O) groups excluding carboxylic acids is 1. The van der Waals surface area contributed by atoms with E-state index in [9.17, 15) is 9.59 Å². The molecule has 0 aliphatic heterocycles. The van der Waals surface area contributed by atoms with Crippen molar-refractivity contribution >= 4 is 12.4 Å². The van der Waals surface area contributed by atoms with E-state index in [1.54, 1.807) is 0 Å². The van der Waals surface area contributed by atoms with Gasteiger partial charge in [0.15, 0.2) is 0 Å². The lowest BCUT2D eigenvalue weighted by molar-refractivity contribution is -0.141. The van der Waals surface area contributed by atoms with Crippen molar-refractivity contribution in [2.45, 2.75) is 6.04 Å². The van der Waals surface area contributed by atoms with Gasteiger partial charge >= 0.3 is 5.97 Å². The lowest BCUT2D eigenvalue weighted by atomic mass is 10.3. The zero-order valence-corrected chi connectivity index (χ0v) is 4.57. The van der Waals surface area contributed by atoms with Crippen LogP contribution in [-0.2, 0) is 9.59 Å². The molecule has 0 saturated carbocycles. The van der Waals surface area contributed by atoms with Crippen LogP contribution in [0.3, 0.4) is 0 Å². The molecule has 0 unspecified atom stereocenters. The lowest BCUT2D eigenvalue weighted by Crippen LogP contribution is -2.38. The summed E-state index contributed by atoms with van der Waals surface area (Å²) in [5.74, 6) is -1.25. The summed E-state index contributed by atoms with van der Waals surface area (Å²) in [6, 6.07) is -1.18. The number of carbonyl (C=O) groups is 2. The van der Waals surface area contributed by atoms with Gasteiger partial charge in [-0.2, -0.15) is 0 Å². The summed E-state index contributed by atoms with van der Waals surface area (Å²) in [6.07, 6.45) is 0.231. The number of hydrogen-bond acceptors (Lipinski definition) is 3. The van der Waals surface area contributed by atoms with Gasteiger partial charge < -0.3 is 15.5 Å². The van der Waals surface area contributed by atoms with Crippen LogP contribution >= 0.6 is 0 Å². The number of carboxylic acids is 1. The Morgan fingerprint density at radius 1 is 1.78 bits per heavy atom. The van der Waals surface area contributed by atoms with Gasteiger partial charge in [-0.1, -0.05) is 0 Å². The molecule has 0 aromatic heterocycles. The van der Waals surface area contributed by atoms with E-state index in [1.165, 1.54) is 0 Å². The van der Waals surface area contributed by atoms with E-state index < -0.39 is 18.6 Å². The van der Waals surface area contributed by atoms with Crippen LogP contribution in [0.5, 0.6) is 0 Å². The summed E-state index contributed by atoms with van der Waals surface area (Å²) in [7, 11) is 0. The van der Waals surface area contributed by atoms with E-state index in [4.69, 9.17) is 10.2 Å². The largest absolute Gasteiger partial charge is 0.480 e. The van der Waals surface area contributed by atoms with E-state index in [0.717, 1.165) is 0 Å². The Bertz CT molecular complexity index is 113. The minimum absolute atomic E-state index is 0.231. The van der Waals surface area contributed by atoms with Gasteiger partial charge in [-0.15, -0.1) is 0 Å². The second kappa shape index (κ2) is 3.85. The molecule has 0 heterocycles. The van der Waals surface area contributed by atoms with Crippen LogP contribution in [0.2, 0.25) is 0 Å². The van der Waals surface area contributed by atoms with Gasteiger partial charge in [0.1, 0.15) is 6.04 Å². The molecule has 0 saturated heterocycles. The zero-order valence-electron chi connectivity index (χ0n) is 4.57. The van der Waals surface area contributed by atoms with Crippen molar-refractivity contribution in [3.8, 4) is 0 Å². The minimum atomic E-state index is -1.25. The Labute approximate surface area is 51.3 Å². The summed E-state index contributed by atoms with van der Waals surface area (Å²) < 4.78 is 0. The summed E-state index contributed by atoms with van der Waals surface area (Å²) in [5.41, 5.74) is 0. The lowest BCUT2D eigenvalue weighted by Gasteiger charge is -2.04. The van der Waals surface area contributed by atoms with Crippen LogP contribution in [0.4, 0.5) is 0 Å². The summed E-state index contributed by atoms with van der Waals surface area (Å²) in [4.78, 5) is 19.5. The molecule has 0 aliphatic carbocycles. The summed E-state index contributed by atoms with van der Waals surface area (Å²) >= 11 is 0. The number of nitrogens with one attached hydrogen (secondary N) is 1. The molecule has 1 atom stereocenters. The third-order valence-electron chi connectivity index (χ3n) is 0.750. The first-order chi connectivity index (χ1) is 4.22. The number of amides is 1. The third-order valence-corrected chi connectivity index (χ3v) is 0.750. The maximum Gasteiger partial charge on any atom is 0.328 e. The van der Waals surface area contributed by atoms with E-state index in [0.29, 0.717) is 0 Å². The van der Waals surface area contributed by atoms with Gasteiger partial charge in [0, 0.05) is 0 Å². The molecule has 0 radical (unpaired) electrons. The number of aliphatic hydroxyl groups excluding tert-OH is 1. The second-order valence-corrected chi connectivity index (χ2v) is 1.36.